The maximum atomic E-state index is 12.6. The molecule has 1 heterocycles. The van der Waals surface area contributed by atoms with Gasteiger partial charge in [-0.25, -0.2) is 9.79 Å². The monoisotopic (exact) mass is 609 g/mol. The Kier molecular flexibility index (Phi) is 7.25. The van der Waals surface area contributed by atoms with Gasteiger partial charge in [-0.05, 0) is 82.3 Å². The van der Waals surface area contributed by atoms with Crippen LogP contribution in [0, 0.1) is 3.57 Å². The van der Waals surface area contributed by atoms with Crippen molar-refractivity contribution in [1.82, 2.24) is 0 Å². The van der Waals surface area contributed by atoms with Crippen molar-refractivity contribution in [2.45, 2.75) is 13.5 Å². The van der Waals surface area contributed by atoms with E-state index in [1.165, 1.54) is 0 Å². The third-order valence-electron chi connectivity index (χ3n) is 5.58. The molecule has 0 fully saturated rings. The van der Waals surface area contributed by atoms with Gasteiger partial charge in [0.15, 0.2) is 17.2 Å². The van der Waals surface area contributed by atoms with Gasteiger partial charge in [-0.1, -0.05) is 60.1 Å². The molecule has 0 aromatic heterocycles. The van der Waals surface area contributed by atoms with E-state index < -0.39 is 5.97 Å². The van der Waals surface area contributed by atoms with E-state index in [9.17, 15) is 4.79 Å². The smallest absolute Gasteiger partial charge is 0.363 e. The number of benzene rings is 4. The Morgan fingerprint density at radius 1 is 0.972 bits per heavy atom. The van der Waals surface area contributed by atoms with Crippen molar-refractivity contribution < 1.29 is 19.0 Å². The lowest BCUT2D eigenvalue weighted by Gasteiger charge is -2.15. The predicted octanol–water partition coefficient (Wildman–Crippen LogP) is 7.42. The first-order chi connectivity index (χ1) is 17.5. The molecule has 0 saturated heterocycles. The van der Waals surface area contributed by atoms with Crippen LogP contribution in [0.1, 0.15) is 23.6 Å². The Balaban J connectivity index is 1.43. The molecule has 5 rings (SSSR count). The third kappa shape index (κ3) is 5.24. The molecule has 0 spiro atoms. The Hall–Kier alpha value is -3.36. The van der Waals surface area contributed by atoms with Crippen LogP contribution in [0.5, 0.6) is 11.5 Å². The van der Waals surface area contributed by atoms with Crippen molar-refractivity contribution in [3.63, 3.8) is 0 Å². The number of aliphatic imine (C=N–C) groups is 1. The number of cyclic esters (lactones) is 1. The lowest BCUT2D eigenvalue weighted by Crippen LogP contribution is -2.05. The van der Waals surface area contributed by atoms with Gasteiger partial charge in [0.2, 0.25) is 5.90 Å². The minimum absolute atomic E-state index is 0.184. The largest absolute Gasteiger partial charge is 0.490 e. The zero-order valence-electron chi connectivity index (χ0n) is 19.3. The number of nitrogens with zero attached hydrogens (tertiary/aromatic N) is 1. The SMILES string of the molecule is CCOc1cc(/C=C2\N=C(c3ccc4ccccc4c3)OC2=O)cc(Cl)c1OCc1ccccc1I. The first-order valence-electron chi connectivity index (χ1n) is 11.4. The van der Waals surface area contributed by atoms with Crippen molar-refractivity contribution in [2.24, 2.45) is 4.99 Å². The fourth-order valence-electron chi connectivity index (χ4n) is 3.85. The fourth-order valence-corrected chi connectivity index (χ4v) is 4.67. The summed E-state index contributed by atoms with van der Waals surface area (Å²) < 4.78 is 18.4. The number of ether oxygens (including phenoxy) is 3. The van der Waals surface area contributed by atoms with Crippen molar-refractivity contribution in [3.05, 3.63) is 110 Å². The normalized spacial score (nSPS) is 14.1. The summed E-state index contributed by atoms with van der Waals surface area (Å²) in [7, 11) is 0. The molecule has 0 unspecified atom stereocenters. The number of hydrogen-bond acceptors (Lipinski definition) is 5. The molecule has 0 radical (unpaired) electrons. The second-order valence-corrected chi connectivity index (χ2v) is 9.61. The predicted molar refractivity (Wildman–Crippen MR) is 151 cm³/mol. The van der Waals surface area contributed by atoms with Crippen LogP contribution in [-0.4, -0.2) is 18.5 Å². The molecule has 4 aromatic rings. The van der Waals surface area contributed by atoms with Crippen LogP contribution < -0.4 is 9.47 Å². The Labute approximate surface area is 227 Å². The number of rotatable bonds is 7. The molecule has 0 amide bonds. The summed E-state index contributed by atoms with van der Waals surface area (Å²) in [5.41, 5.74) is 2.62. The van der Waals surface area contributed by atoms with E-state index in [1.54, 1.807) is 18.2 Å². The van der Waals surface area contributed by atoms with Crippen LogP contribution in [0.3, 0.4) is 0 Å². The van der Waals surface area contributed by atoms with E-state index in [1.807, 2.05) is 73.7 Å². The molecule has 36 heavy (non-hydrogen) atoms. The first kappa shape index (κ1) is 24.3. The summed E-state index contributed by atoms with van der Waals surface area (Å²) in [5.74, 6) is 0.694. The van der Waals surface area contributed by atoms with Gasteiger partial charge in [0.1, 0.15) is 6.61 Å². The number of esters is 1. The van der Waals surface area contributed by atoms with E-state index in [0.29, 0.717) is 35.3 Å². The molecule has 5 nitrogen and oxygen atoms in total. The topological polar surface area (TPSA) is 57.1 Å². The van der Waals surface area contributed by atoms with Crippen LogP contribution in [0.25, 0.3) is 16.8 Å². The number of carbonyl (C=O) groups excluding carboxylic acids is 1. The summed E-state index contributed by atoms with van der Waals surface area (Å²) in [6, 6.07) is 25.3. The number of hydrogen-bond donors (Lipinski definition) is 0. The quantitative estimate of drug-likeness (QED) is 0.124. The van der Waals surface area contributed by atoms with E-state index in [2.05, 4.69) is 27.6 Å². The maximum Gasteiger partial charge on any atom is 0.363 e. The van der Waals surface area contributed by atoms with Crippen LogP contribution in [-0.2, 0) is 16.1 Å². The van der Waals surface area contributed by atoms with Crippen molar-refractivity contribution >= 4 is 62.9 Å². The molecule has 0 atom stereocenters. The molecule has 4 aromatic carbocycles. The standard InChI is InChI=1S/C29H21ClINO4/c1-2-34-26-15-18(13-23(30)27(26)35-17-22-9-5-6-10-24(22)31)14-25-29(33)36-28(32-25)21-12-11-19-7-3-4-8-20(19)16-21/h3-16H,2,17H2,1H3/b25-14-. The maximum absolute atomic E-state index is 12.6. The lowest BCUT2D eigenvalue weighted by atomic mass is 10.1. The van der Waals surface area contributed by atoms with Crippen molar-refractivity contribution in [3.8, 4) is 11.5 Å². The molecule has 180 valence electrons. The van der Waals surface area contributed by atoms with Crippen molar-refractivity contribution in [2.75, 3.05) is 6.61 Å². The van der Waals surface area contributed by atoms with Gasteiger partial charge < -0.3 is 14.2 Å². The average Bonchev–Trinajstić information content (AvgIpc) is 3.24. The van der Waals surface area contributed by atoms with E-state index in [4.69, 9.17) is 25.8 Å². The lowest BCUT2D eigenvalue weighted by molar-refractivity contribution is -0.129. The van der Waals surface area contributed by atoms with Gasteiger partial charge in [0.25, 0.3) is 0 Å². The van der Waals surface area contributed by atoms with Gasteiger partial charge in [0, 0.05) is 14.7 Å². The number of fused-ring (bicyclic) bond motifs is 1. The Bertz CT molecular complexity index is 1530. The van der Waals surface area contributed by atoms with Crippen LogP contribution in [0.4, 0.5) is 0 Å². The summed E-state index contributed by atoms with van der Waals surface area (Å²) >= 11 is 8.86. The Morgan fingerprint density at radius 2 is 1.75 bits per heavy atom. The minimum Gasteiger partial charge on any atom is -0.490 e. The minimum atomic E-state index is -0.522. The number of halogens is 2. The van der Waals surface area contributed by atoms with Gasteiger partial charge in [-0.15, -0.1) is 0 Å². The molecular formula is C29H21ClINO4. The fraction of sp³-hybridized carbons (Fsp3) is 0.103. The second-order valence-electron chi connectivity index (χ2n) is 8.04. The van der Waals surface area contributed by atoms with Crippen LogP contribution >= 0.6 is 34.2 Å². The third-order valence-corrected chi connectivity index (χ3v) is 6.91. The Morgan fingerprint density at radius 3 is 2.56 bits per heavy atom. The number of carbonyl (C=O) groups is 1. The van der Waals surface area contributed by atoms with E-state index in [-0.39, 0.29) is 11.6 Å². The molecule has 0 N–H and O–H groups in total. The zero-order chi connectivity index (χ0) is 25.1. The van der Waals surface area contributed by atoms with Gasteiger partial charge >= 0.3 is 5.97 Å². The van der Waals surface area contributed by atoms with E-state index in [0.717, 1.165) is 25.5 Å². The summed E-state index contributed by atoms with van der Waals surface area (Å²) in [4.78, 5) is 17.0. The summed E-state index contributed by atoms with van der Waals surface area (Å²) in [6.45, 7) is 2.67. The highest BCUT2D eigenvalue weighted by atomic mass is 127. The molecule has 0 bridgehead atoms. The highest BCUT2D eigenvalue weighted by Gasteiger charge is 2.25. The van der Waals surface area contributed by atoms with Gasteiger partial charge in [-0.2, -0.15) is 0 Å². The van der Waals surface area contributed by atoms with Crippen LogP contribution in [0.2, 0.25) is 5.02 Å². The molecule has 0 aliphatic carbocycles. The molecule has 0 saturated carbocycles. The van der Waals surface area contributed by atoms with Gasteiger partial charge in [-0.3, -0.25) is 0 Å². The second kappa shape index (κ2) is 10.7. The first-order valence-corrected chi connectivity index (χ1v) is 12.8. The highest BCUT2D eigenvalue weighted by molar-refractivity contribution is 14.1. The summed E-state index contributed by atoms with van der Waals surface area (Å²) in [5, 5.41) is 2.52. The molecule has 1 aliphatic heterocycles. The zero-order valence-corrected chi connectivity index (χ0v) is 22.2. The van der Waals surface area contributed by atoms with Gasteiger partial charge in [0.05, 0.1) is 11.6 Å². The molecular weight excluding hydrogens is 589 g/mol. The average molecular weight is 610 g/mol. The van der Waals surface area contributed by atoms with Crippen LogP contribution in [0.15, 0.2) is 89.6 Å². The highest BCUT2D eigenvalue weighted by Crippen LogP contribution is 2.38. The van der Waals surface area contributed by atoms with Crippen molar-refractivity contribution in [1.29, 1.82) is 0 Å². The van der Waals surface area contributed by atoms with E-state index >= 15 is 0 Å². The molecule has 7 heteroatoms. The molecule has 1 aliphatic rings. The summed E-state index contributed by atoms with van der Waals surface area (Å²) in [6.07, 6.45) is 1.63.